The lowest BCUT2D eigenvalue weighted by atomic mass is 10.0. The third-order valence-electron chi connectivity index (χ3n) is 6.71. The zero-order valence-corrected chi connectivity index (χ0v) is 20.9. The molecule has 36 heavy (non-hydrogen) atoms. The molecule has 1 atom stereocenters. The highest BCUT2D eigenvalue weighted by molar-refractivity contribution is 7.22. The lowest BCUT2D eigenvalue weighted by molar-refractivity contribution is 0.134. The summed E-state index contributed by atoms with van der Waals surface area (Å²) in [5, 5.41) is 3.74. The van der Waals surface area contributed by atoms with Crippen LogP contribution >= 0.6 is 22.9 Å². The van der Waals surface area contributed by atoms with Crippen LogP contribution in [0.4, 0.5) is 13.9 Å². The molecule has 0 bridgehead atoms. The highest BCUT2D eigenvalue weighted by atomic mass is 35.5. The predicted octanol–water partition coefficient (Wildman–Crippen LogP) is 4.24. The van der Waals surface area contributed by atoms with Crippen LogP contribution in [0.2, 0.25) is 5.02 Å². The van der Waals surface area contributed by atoms with E-state index >= 15 is 4.39 Å². The second-order valence-corrected chi connectivity index (χ2v) is 10.5. The number of likely N-dealkylation sites (N-methyl/N-ethyl adjacent to an activating group) is 1. The SMILES string of the molecule is CN1CCCC1COc1nc(OC2CNC2)c2cc(Cl)c(-c3ccc(F)c4sc(N)nc34)c(F)c2n1. The van der Waals surface area contributed by atoms with Crippen LogP contribution in [0.25, 0.3) is 32.2 Å². The molecule has 12 heteroatoms. The maximum atomic E-state index is 16.2. The summed E-state index contributed by atoms with van der Waals surface area (Å²) in [5.41, 5.74) is 6.44. The van der Waals surface area contributed by atoms with Crippen molar-refractivity contribution in [3.05, 3.63) is 34.9 Å². The van der Waals surface area contributed by atoms with Crippen LogP contribution in [0.5, 0.6) is 11.9 Å². The van der Waals surface area contributed by atoms with Gasteiger partial charge < -0.3 is 25.4 Å². The fourth-order valence-electron chi connectivity index (χ4n) is 4.61. The lowest BCUT2D eigenvalue weighted by Crippen LogP contribution is -2.50. The summed E-state index contributed by atoms with van der Waals surface area (Å²) in [7, 11) is 2.04. The van der Waals surface area contributed by atoms with Gasteiger partial charge in [0.1, 0.15) is 24.0 Å². The second-order valence-electron chi connectivity index (χ2n) is 9.07. The molecule has 0 amide bonds. The van der Waals surface area contributed by atoms with Crippen molar-refractivity contribution in [2.45, 2.75) is 25.0 Å². The van der Waals surface area contributed by atoms with E-state index in [9.17, 15) is 4.39 Å². The van der Waals surface area contributed by atoms with E-state index in [1.54, 1.807) is 6.07 Å². The van der Waals surface area contributed by atoms with Gasteiger partial charge in [0.15, 0.2) is 10.9 Å². The van der Waals surface area contributed by atoms with Crippen LogP contribution in [0, 0.1) is 11.6 Å². The van der Waals surface area contributed by atoms with Crippen LogP contribution in [-0.4, -0.2) is 65.3 Å². The molecular formula is C24H23ClF2N6O2S. The Bertz CT molecular complexity index is 1480. The van der Waals surface area contributed by atoms with E-state index in [2.05, 4.69) is 25.2 Å². The molecule has 1 unspecified atom stereocenters. The number of rotatable bonds is 6. The molecule has 0 spiro atoms. The number of nitrogens with zero attached hydrogens (tertiary/aromatic N) is 4. The van der Waals surface area contributed by atoms with Crippen LogP contribution in [0.1, 0.15) is 12.8 Å². The molecule has 0 aliphatic carbocycles. The second kappa shape index (κ2) is 9.22. The molecule has 2 fully saturated rings. The van der Waals surface area contributed by atoms with Crippen LogP contribution in [0.3, 0.4) is 0 Å². The molecule has 188 valence electrons. The van der Waals surface area contributed by atoms with E-state index in [0.717, 1.165) is 30.7 Å². The minimum absolute atomic E-state index is 0.00198. The molecular weight excluding hydrogens is 510 g/mol. The van der Waals surface area contributed by atoms with Gasteiger partial charge >= 0.3 is 6.01 Å². The number of hydrogen-bond acceptors (Lipinski definition) is 9. The minimum Gasteiger partial charge on any atom is -0.471 e. The third kappa shape index (κ3) is 4.09. The highest BCUT2D eigenvalue weighted by Crippen LogP contribution is 2.42. The Morgan fingerprint density at radius 1 is 1.22 bits per heavy atom. The number of nitrogens with two attached hydrogens (primary N) is 1. The Balaban J connectivity index is 1.48. The monoisotopic (exact) mass is 532 g/mol. The van der Waals surface area contributed by atoms with E-state index in [-0.39, 0.29) is 55.5 Å². The first-order valence-electron chi connectivity index (χ1n) is 11.6. The molecule has 4 aromatic rings. The van der Waals surface area contributed by atoms with Gasteiger partial charge in [0.05, 0.1) is 20.6 Å². The van der Waals surface area contributed by atoms with Crippen molar-refractivity contribution in [1.82, 2.24) is 25.2 Å². The van der Waals surface area contributed by atoms with Crippen LogP contribution in [0.15, 0.2) is 18.2 Å². The molecule has 2 saturated heterocycles. The summed E-state index contributed by atoms with van der Waals surface area (Å²) in [6.45, 7) is 2.69. The molecule has 0 radical (unpaired) electrons. The highest BCUT2D eigenvalue weighted by Gasteiger charge is 2.27. The van der Waals surface area contributed by atoms with Crippen molar-refractivity contribution in [2.75, 3.05) is 39.0 Å². The number of fused-ring (bicyclic) bond motifs is 2. The molecule has 4 heterocycles. The van der Waals surface area contributed by atoms with Crippen molar-refractivity contribution in [2.24, 2.45) is 0 Å². The zero-order valence-electron chi connectivity index (χ0n) is 19.4. The summed E-state index contributed by atoms with van der Waals surface area (Å²) < 4.78 is 42.8. The summed E-state index contributed by atoms with van der Waals surface area (Å²) in [4.78, 5) is 15.3. The van der Waals surface area contributed by atoms with E-state index < -0.39 is 11.6 Å². The number of benzene rings is 2. The Morgan fingerprint density at radius 2 is 2.06 bits per heavy atom. The number of nitrogen functional groups attached to an aromatic ring is 1. The predicted molar refractivity (Wildman–Crippen MR) is 136 cm³/mol. The van der Waals surface area contributed by atoms with Gasteiger partial charge in [-0.2, -0.15) is 9.97 Å². The number of aromatic nitrogens is 3. The molecule has 2 aromatic heterocycles. The van der Waals surface area contributed by atoms with Crippen molar-refractivity contribution in [1.29, 1.82) is 0 Å². The Hall–Kier alpha value is -2.86. The first kappa shape index (κ1) is 23.5. The number of anilines is 1. The molecule has 2 aliphatic rings. The number of nitrogens with one attached hydrogen (secondary N) is 1. The average molecular weight is 533 g/mol. The largest absolute Gasteiger partial charge is 0.471 e. The smallest absolute Gasteiger partial charge is 0.320 e. The van der Waals surface area contributed by atoms with Crippen molar-refractivity contribution < 1.29 is 18.3 Å². The van der Waals surface area contributed by atoms with Gasteiger partial charge in [0.2, 0.25) is 5.88 Å². The third-order valence-corrected chi connectivity index (χ3v) is 7.90. The maximum Gasteiger partial charge on any atom is 0.320 e. The van der Waals surface area contributed by atoms with Crippen molar-refractivity contribution >= 4 is 49.2 Å². The fourth-order valence-corrected chi connectivity index (χ4v) is 5.67. The molecule has 0 saturated carbocycles. The van der Waals surface area contributed by atoms with Crippen molar-refractivity contribution in [3.63, 3.8) is 0 Å². The summed E-state index contributed by atoms with van der Waals surface area (Å²) >= 11 is 7.59. The molecule has 6 rings (SSSR count). The summed E-state index contributed by atoms with van der Waals surface area (Å²) in [5.74, 6) is -0.977. The van der Waals surface area contributed by atoms with Gasteiger partial charge in [-0.1, -0.05) is 22.9 Å². The zero-order chi connectivity index (χ0) is 25.0. The van der Waals surface area contributed by atoms with Gasteiger partial charge in [0.25, 0.3) is 0 Å². The first-order chi connectivity index (χ1) is 17.4. The van der Waals surface area contributed by atoms with Gasteiger partial charge in [-0.05, 0) is 44.6 Å². The average Bonchev–Trinajstić information content (AvgIpc) is 3.42. The number of thiazole rings is 1. The normalized spacial score (nSPS) is 18.7. The lowest BCUT2D eigenvalue weighted by Gasteiger charge is -2.28. The number of halogens is 3. The summed E-state index contributed by atoms with van der Waals surface area (Å²) in [6, 6.07) is 4.52. The van der Waals surface area contributed by atoms with Gasteiger partial charge in [-0.25, -0.2) is 13.8 Å². The fraction of sp³-hybridized carbons (Fsp3) is 0.375. The van der Waals surface area contributed by atoms with E-state index in [1.165, 1.54) is 12.1 Å². The molecule has 8 nitrogen and oxygen atoms in total. The number of likely N-dealkylation sites (tertiary alicyclic amines) is 1. The molecule has 2 aromatic carbocycles. The standard InChI is InChI=1S/C24H23ClF2N6O2S/c1-33-6-2-3-11(33)10-34-24-31-19-14(22(32-24)35-12-8-29-9-12)7-15(25)17(18(19)27)13-4-5-16(26)21-20(13)30-23(28)36-21/h4-5,7,11-12,29H,2-3,6,8-10H2,1H3,(H2,28,30). The summed E-state index contributed by atoms with van der Waals surface area (Å²) in [6.07, 6.45) is 2.00. The Morgan fingerprint density at radius 3 is 2.78 bits per heavy atom. The maximum absolute atomic E-state index is 16.2. The minimum atomic E-state index is -0.696. The number of ether oxygens (including phenoxy) is 2. The van der Waals surface area contributed by atoms with Gasteiger partial charge in [-0.3, -0.25) is 0 Å². The van der Waals surface area contributed by atoms with E-state index in [0.29, 0.717) is 30.6 Å². The Labute approximate surface area is 214 Å². The molecule has 2 aliphatic heterocycles. The topological polar surface area (TPSA) is 98.4 Å². The quantitative estimate of drug-likeness (QED) is 0.380. The van der Waals surface area contributed by atoms with Crippen LogP contribution in [-0.2, 0) is 0 Å². The molecule has 3 N–H and O–H groups in total. The number of hydrogen-bond donors (Lipinski definition) is 2. The Kier molecular flexibility index (Phi) is 6.03. The van der Waals surface area contributed by atoms with Gasteiger partial charge in [-0.15, -0.1) is 0 Å². The van der Waals surface area contributed by atoms with Crippen LogP contribution < -0.4 is 20.5 Å². The first-order valence-corrected chi connectivity index (χ1v) is 12.8. The van der Waals surface area contributed by atoms with E-state index in [1.807, 2.05) is 7.05 Å². The van der Waals surface area contributed by atoms with Gasteiger partial charge in [0, 0.05) is 30.3 Å². The van der Waals surface area contributed by atoms with E-state index in [4.69, 9.17) is 26.8 Å². The van der Waals surface area contributed by atoms with Crippen molar-refractivity contribution in [3.8, 4) is 23.0 Å².